The van der Waals surface area contributed by atoms with Gasteiger partial charge in [0.1, 0.15) is 12.7 Å². The standard InChI is InChI=1S/C4H8O4.H2O/c5-1-3(7)4(8)2-6;/h3,5-7H,1-2H2;1H2/t3-;/m1./s1. The summed E-state index contributed by atoms with van der Waals surface area (Å²) in [5.41, 5.74) is 0. The number of aliphatic hydroxyl groups excluding tert-OH is 3. The van der Waals surface area contributed by atoms with E-state index in [1.54, 1.807) is 0 Å². The largest absolute Gasteiger partial charge is 0.412 e. The van der Waals surface area contributed by atoms with Crippen molar-refractivity contribution in [3.05, 3.63) is 0 Å². The van der Waals surface area contributed by atoms with Crippen molar-refractivity contribution in [1.82, 2.24) is 0 Å². The lowest BCUT2D eigenvalue weighted by Gasteiger charge is -2.00. The molecule has 5 heteroatoms. The van der Waals surface area contributed by atoms with E-state index >= 15 is 0 Å². The molecule has 0 bridgehead atoms. The van der Waals surface area contributed by atoms with E-state index < -0.39 is 25.1 Å². The van der Waals surface area contributed by atoms with Crippen molar-refractivity contribution < 1.29 is 25.6 Å². The van der Waals surface area contributed by atoms with Gasteiger partial charge in [0.25, 0.3) is 0 Å². The van der Waals surface area contributed by atoms with Crippen LogP contribution < -0.4 is 0 Å². The number of carbonyl (C=O) groups excluding carboxylic acids is 1. The van der Waals surface area contributed by atoms with E-state index in [9.17, 15) is 4.79 Å². The van der Waals surface area contributed by atoms with Gasteiger partial charge in [-0.3, -0.25) is 4.79 Å². The van der Waals surface area contributed by atoms with Gasteiger partial charge in [-0.2, -0.15) is 0 Å². The Hall–Kier alpha value is -0.490. The minimum absolute atomic E-state index is 0. The highest BCUT2D eigenvalue weighted by atomic mass is 16.3. The molecular formula is C4H10O5. The summed E-state index contributed by atoms with van der Waals surface area (Å²) in [6.07, 6.45) is -1.42. The monoisotopic (exact) mass is 138 g/mol. The molecule has 0 aliphatic carbocycles. The van der Waals surface area contributed by atoms with Crippen LogP contribution in [-0.2, 0) is 4.79 Å². The fraction of sp³-hybridized carbons (Fsp3) is 0.750. The lowest BCUT2D eigenvalue weighted by Crippen LogP contribution is -2.26. The van der Waals surface area contributed by atoms with Crippen LogP contribution in [0.5, 0.6) is 0 Å². The van der Waals surface area contributed by atoms with Crippen molar-refractivity contribution in [3.63, 3.8) is 0 Å². The fourth-order valence-corrected chi connectivity index (χ4v) is 0.207. The van der Waals surface area contributed by atoms with Gasteiger partial charge in [0.05, 0.1) is 6.61 Å². The molecule has 0 amide bonds. The Balaban J connectivity index is 0. The quantitative estimate of drug-likeness (QED) is 0.388. The van der Waals surface area contributed by atoms with Crippen LogP contribution >= 0.6 is 0 Å². The van der Waals surface area contributed by atoms with Crippen LogP contribution in [0.3, 0.4) is 0 Å². The fourth-order valence-electron chi connectivity index (χ4n) is 0.207. The lowest BCUT2D eigenvalue weighted by atomic mass is 10.3. The maximum Gasteiger partial charge on any atom is 0.188 e. The number of hydrogen-bond acceptors (Lipinski definition) is 4. The number of Topliss-reactive ketones (excluding diaryl/α,β-unsaturated/α-hetero) is 1. The van der Waals surface area contributed by atoms with Crippen molar-refractivity contribution in [2.24, 2.45) is 0 Å². The molecular weight excluding hydrogens is 128 g/mol. The van der Waals surface area contributed by atoms with Crippen LogP contribution in [0.15, 0.2) is 0 Å². The molecule has 0 saturated heterocycles. The molecule has 0 aliphatic rings. The van der Waals surface area contributed by atoms with Crippen molar-refractivity contribution in [2.45, 2.75) is 6.10 Å². The Morgan fingerprint density at radius 3 is 2.00 bits per heavy atom. The number of aliphatic hydroxyl groups is 3. The van der Waals surface area contributed by atoms with Crippen LogP contribution in [0, 0.1) is 0 Å². The lowest BCUT2D eigenvalue weighted by molar-refractivity contribution is -0.131. The number of ketones is 1. The topological polar surface area (TPSA) is 109 Å². The first-order chi connectivity index (χ1) is 3.72. The SMILES string of the molecule is O.O=C(CO)[C@H](O)CO. The first-order valence-corrected chi connectivity index (χ1v) is 2.15. The second kappa shape index (κ2) is 5.64. The summed E-state index contributed by atoms with van der Waals surface area (Å²) in [6, 6.07) is 0. The molecule has 0 saturated carbocycles. The zero-order valence-corrected chi connectivity index (χ0v) is 4.74. The van der Waals surface area contributed by atoms with E-state index in [-0.39, 0.29) is 5.48 Å². The smallest absolute Gasteiger partial charge is 0.188 e. The van der Waals surface area contributed by atoms with Crippen LogP contribution in [0.1, 0.15) is 0 Å². The van der Waals surface area contributed by atoms with Crippen LogP contribution in [0.2, 0.25) is 0 Å². The minimum atomic E-state index is -1.42. The van der Waals surface area contributed by atoms with Gasteiger partial charge in [-0.05, 0) is 0 Å². The molecule has 0 rings (SSSR count). The molecule has 0 aromatic carbocycles. The van der Waals surface area contributed by atoms with Gasteiger partial charge in [0, 0.05) is 0 Å². The Kier molecular flexibility index (Phi) is 7.10. The second-order valence-electron chi connectivity index (χ2n) is 1.32. The summed E-state index contributed by atoms with van der Waals surface area (Å²) in [5, 5.41) is 24.4. The maximum absolute atomic E-state index is 10.1. The van der Waals surface area contributed by atoms with E-state index in [2.05, 4.69) is 0 Å². The highest BCUT2D eigenvalue weighted by Crippen LogP contribution is 1.80. The van der Waals surface area contributed by atoms with Gasteiger partial charge in [-0.25, -0.2) is 0 Å². The van der Waals surface area contributed by atoms with E-state index in [4.69, 9.17) is 15.3 Å². The molecule has 0 radical (unpaired) electrons. The molecule has 9 heavy (non-hydrogen) atoms. The average Bonchev–Trinajstić information content (AvgIpc) is 1.84. The Bertz CT molecular complexity index is 81.0. The van der Waals surface area contributed by atoms with Crippen molar-refractivity contribution in [3.8, 4) is 0 Å². The Morgan fingerprint density at radius 2 is 1.89 bits per heavy atom. The van der Waals surface area contributed by atoms with E-state index in [1.165, 1.54) is 0 Å². The molecule has 0 heterocycles. The molecule has 0 aromatic heterocycles. The summed E-state index contributed by atoms with van der Waals surface area (Å²) in [4.78, 5) is 10.1. The summed E-state index contributed by atoms with van der Waals surface area (Å²) < 4.78 is 0. The second-order valence-corrected chi connectivity index (χ2v) is 1.32. The first-order valence-electron chi connectivity index (χ1n) is 2.15. The Labute approximate surface area is 51.9 Å². The molecule has 1 atom stereocenters. The van der Waals surface area contributed by atoms with Crippen molar-refractivity contribution in [1.29, 1.82) is 0 Å². The van der Waals surface area contributed by atoms with E-state index in [1.807, 2.05) is 0 Å². The Morgan fingerprint density at radius 1 is 1.44 bits per heavy atom. The zero-order valence-electron chi connectivity index (χ0n) is 4.74. The van der Waals surface area contributed by atoms with E-state index in [0.717, 1.165) is 0 Å². The zero-order chi connectivity index (χ0) is 6.57. The third-order valence-electron chi connectivity index (χ3n) is 0.700. The van der Waals surface area contributed by atoms with Gasteiger partial charge >= 0.3 is 0 Å². The van der Waals surface area contributed by atoms with Crippen molar-refractivity contribution >= 4 is 5.78 Å². The van der Waals surface area contributed by atoms with Gasteiger partial charge in [0.2, 0.25) is 0 Å². The maximum atomic E-state index is 10.1. The molecule has 5 N–H and O–H groups in total. The molecule has 0 aromatic rings. The average molecular weight is 138 g/mol. The van der Waals surface area contributed by atoms with Gasteiger partial charge in [0.15, 0.2) is 5.78 Å². The van der Waals surface area contributed by atoms with Crippen molar-refractivity contribution in [2.75, 3.05) is 13.2 Å². The minimum Gasteiger partial charge on any atom is -0.412 e. The summed E-state index contributed by atoms with van der Waals surface area (Å²) in [7, 11) is 0. The predicted octanol–water partition coefficient (Wildman–Crippen LogP) is -2.92. The number of hydrogen-bond donors (Lipinski definition) is 3. The van der Waals surface area contributed by atoms with Crippen LogP contribution in [0.4, 0.5) is 0 Å². The van der Waals surface area contributed by atoms with Crippen LogP contribution in [-0.4, -0.2) is 45.9 Å². The highest BCUT2D eigenvalue weighted by Gasteiger charge is 2.10. The highest BCUT2D eigenvalue weighted by molar-refractivity contribution is 5.83. The summed E-state index contributed by atoms with van der Waals surface area (Å²) >= 11 is 0. The normalized spacial score (nSPS) is 11.9. The molecule has 5 nitrogen and oxygen atoms in total. The molecule has 0 aliphatic heterocycles. The van der Waals surface area contributed by atoms with E-state index in [0.29, 0.717) is 0 Å². The van der Waals surface area contributed by atoms with Gasteiger partial charge < -0.3 is 20.8 Å². The van der Waals surface area contributed by atoms with Gasteiger partial charge in [-0.1, -0.05) is 0 Å². The molecule has 56 valence electrons. The molecule has 0 spiro atoms. The summed E-state index contributed by atoms with van der Waals surface area (Å²) in [6.45, 7) is -1.35. The number of carbonyl (C=O) groups is 1. The summed E-state index contributed by atoms with van der Waals surface area (Å²) in [5.74, 6) is -0.757. The van der Waals surface area contributed by atoms with Crippen LogP contribution in [0.25, 0.3) is 0 Å². The third-order valence-corrected chi connectivity index (χ3v) is 0.700. The number of rotatable bonds is 3. The third kappa shape index (κ3) is 4.04. The predicted molar refractivity (Wildman–Crippen MR) is 28.8 cm³/mol. The molecule has 0 unspecified atom stereocenters. The first kappa shape index (κ1) is 11.3. The molecule has 0 fully saturated rings. The van der Waals surface area contributed by atoms with Gasteiger partial charge in [-0.15, -0.1) is 0 Å².